The van der Waals surface area contributed by atoms with Crippen molar-refractivity contribution >= 4 is 0 Å². The Morgan fingerprint density at radius 3 is 3.00 bits per heavy atom. The fourth-order valence-corrected chi connectivity index (χ4v) is 1.05. The van der Waals surface area contributed by atoms with E-state index in [2.05, 4.69) is 31.3 Å². The Balaban J connectivity index is 2.39. The van der Waals surface area contributed by atoms with Crippen LogP contribution in [0.4, 0.5) is 0 Å². The normalized spacial score (nSPS) is 36.2. The average molecular weight is 125 g/mol. The second-order valence-corrected chi connectivity index (χ2v) is 2.97. The maximum atomic E-state index is 3.41. The first-order chi connectivity index (χ1) is 4.29. The summed E-state index contributed by atoms with van der Waals surface area (Å²) in [7, 11) is 0. The molecule has 0 aromatic carbocycles. The summed E-state index contributed by atoms with van der Waals surface area (Å²) >= 11 is 0. The van der Waals surface area contributed by atoms with Gasteiger partial charge in [-0.3, -0.25) is 0 Å². The third-order valence-corrected chi connectivity index (χ3v) is 1.75. The van der Waals surface area contributed by atoms with Gasteiger partial charge in [0.1, 0.15) is 0 Å². The highest BCUT2D eigenvalue weighted by Gasteiger charge is 2.04. The van der Waals surface area contributed by atoms with Crippen molar-refractivity contribution < 1.29 is 0 Å². The van der Waals surface area contributed by atoms with Crippen LogP contribution in [0.3, 0.4) is 0 Å². The topological polar surface area (TPSA) is 12.0 Å². The fourth-order valence-electron chi connectivity index (χ4n) is 1.05. The van der Waals surface area contributed by atoms with Crippen molar-refractivity contribution in [1.82, 2.24) is 5.32 Å². The van der Waals surface area contributed by atoms with Crippen LogP contribution in [0.15, 0.2) is 12.2 Å². The summed E-state index contributed by atoms with van der Waals surface area (Å²) < 4.78 is 0. The molecule has 1 rings (SSSR count). The van der Waals surface area contributed by atoms with Crippen molar-refractivity contribution in [3.8, 4) is 0 Å². The molecular formula is C8H15N. The van der Waals surface area contributed by atoms with Gasteiger partial charge in [0.05, 0.1) is 0 Å². The summed E-state index contributed by atoms with van der Waals surface area (Å²) in [6.07, 6.45) is 5.75. The highest BCUT2D eigenvalue weighted by molar-refractivity contribution is 4.94. The zero-order valence-electron chi connectivity index (χ0n) is 6.22. The van der Waals surface area contributed by atoms with E-state index >= 15 is 0 Å². The van der Waals surface area contributed by atoms with Gasteiger partial charge in [-0.25, -0.2) is 0 Å². The lowest BCUT2D eigenvalue weighted by Gasteiger charge is -2.08. The minimum absolute atomic E-state index is 0.579. The largest absolute Gasteiger partial charge is 0.311 e. The van der Waals surface area contributed by atoms with Crippen LogP contribution in [0.1, 0.15) is 20.3 Å². The van der Waals surface area contributed by atoms with Gasteiger partial charge in [-0.15, -0.1) is 0 Å². The summed E-state index contributed by atoms with van der Waals surface area (Å²) in [4.78, 5) is 0. The van der Waals surface area contributed by atoms with Gasteiger partial charge in [-0.05, 0) is 25.8 Å². The van der Waals surface area contributed by atoms with E-state index in [1.165, 1.54) is 6.42 Å². The van der Waals surface area contributed by atoms with Gasteiger partial charge in [0.15, 0.2) is 0 Å². The Hall–Kier alpha value is -0.300. The van der Waals surface area contributed by atoms with E-state index in [4.69, 9.17) is 0 Å². The summed E-state index contributed by atoms with van der Waals surface area (Å²) in [5.41, 5.74) is 0. The number of rotatable bonds is 0. The van der Waals surface area contributed by atoms with E-state index in [1.807, 2.05) is 0 Å². The molecule has 0 amide bonds. The van der Waals surface area contributed by atoms with Crippen molar-refractivity contribution in [1.29, 1.82) is 0 Å². The van der Waals surface area contributed by atoms with Crippen molar-refractivity contribution in [2.24, 2.45) is 5.92 Å². The second kappa shape index (κ2) is 3.02. The lowest BCUT2D eigenvalue weighted by Crippen LogP contribution is -2.26. The van der Waals surface area contributed by atoms with E-state index in [-0.39, 0.29) is 0 Å². The highest BCUT2D eigenvalue weighted by Crippen LogP contribution is 2.05. The molecule has 0 bridgehead atoms. The maximum Gasteiger partial charge on any atom is 0.0221 e. The van der Waals surface area contributed by atoms with Crippen LogP contribution in [0.2, 0.25) is 0 Å². The molecule has 9 heavy (non-hydrogen) atoms. The average Bonchev–Trinajstić information content (AvgIpc) is 1.97. The minimum atomic E-state index is 0.579. The SMILES string of the molecule is CC1CC=CC(C)NC1. The van der Waals surface area contributed by atoms with Crippen LogP contribution in [0.25, 0.3) is 0 Å². The molecule has 0 aromatic heterocycles. The van der Waals surface area contributed by atoms with E-state index < -0.39 is 0 Å². The molecule has 0 fully saturated rings. The zero-order chi connectivity index (χ0) is 6.69. The molecule has 0 saturated heterocycles. The Kier molecular flexibility index (Phi) is 2.29. The molecule has 52 valence electrons. The molecule has 1 N–H and O–H groups in total. The Morgan fingerprint density at radius 1 is 1.44 bits per heavy atom. The predicted octanol–water partition coefficient (Wildman–Crippen LogP) is 1.56. The molecule has 0 aromatic rings. The van der Waals surface area contributed by atoms with E-state index in [1.54, 1.807) is 0 Å². The Labute approximate surface area is 57.1 Å². The van der Waals surface area contributed by atoms with Gasteiger partial charge in [0, 0.05) is 6.04 Å². The van der Waals surface area contributed by atoms with Gasteiger partial charge in [-0.2, -0.15) is 0 Å². The summed E-state index contributed by atoms with van der Waals surface area (Å²) in [6.45, 7) is 5.62. The van der Waals surface area contributed by atoms with Crippen LogP contribution in [-0.4, -0.2) is 12.6 Å². The molecule has 1 heterocycles. The number of allylic oxidation sites excluding steroid dienone is 1. The van der Waals surface area contributed by atoms with Crippen molar-refractivity contribution in [2.75, 3.05) is 6.54 Å². The zero-order valence-corrected chi connectivity index (χ0v) is 6.22. The first kappa shape index (κ1) is 6.81. The monoisotopic (exact) mass is 125 g/mol. The summed E-state index contributed by atoms with van der Waals surface area (Å²) in [5.74, 6) is 0.811. The van der Waals surface area contributed by atoms with Gasteiger partial charge in [0.25, 0.3) is 0 Å². The van der Waals surface area contributed by atoms with Gasteiger partial charge in [0.2, 0.25) is 0 Å². The molecule has 1 aliphatic heterocycles. The van der Waals surface area contributed by atoms with Crippen molar-refractivity contribution in [2.45, 2.75) is 26.3 Å². The smallest absolute Gasteiger partial charge is 0.0221 e. The van der Waals surface area contributed by atoms with Crippen LogP contribution in [-0.2, 0) is 0 Å². The molecule has 0 radical (unpaired) electrons. The Morgan fingerprint density at radius 2 is 2.22 bits per heavy atom. The van der Waals surface area contributed by atoms with Crippen molar-refractivity contribution in [3.05, 3.63) is 12.2 Å². The van der Waals surface area contributed by atoms with Crippen molar-refractivity contribution in [3.63, 3.8) is 0 Å². The third-order valence-electron chi connectivity index (χ3n) is 1.75. The lowest BCUT2D eigenvalue weighted by molar-refractivity contribution is 0.516. The lowest BCUT2D eigenvalue weighted by atomic mass is 10.1. The molecule has 2 atom stereocenters. The van der Waals surface area contributed by atoms with E-state index in [9.17, 15) is 0 Å². The third kappa shape index (κ3) is 2.19. The fraction of sp³-hybridized carbons (Fsp3) is 0.750. The molecule has 0 aliphatic carbocycles. The van der Waals surface area contributed by atoms with E-state index in [0.717, 1.165) is 12.5 Å². The predicted molar refractivity (Wildman–Crippen MR) is 40.4 cm³/mol. The Bertz CT molecular complexity index is 107. The van der Waals surface area contributed by atoms with Gasteiger partial charge in [-0.1, -0.05) is 19.1 Å². The van der Waals surface area contributed by atoms with E-state index in [0.29, 0.717) is 6.04 Å². The molecule has 0 spiro atoms. The molecule has 1 nitrogen and oxygen atoms in total. The summed E-state index contributed by atoms with van der Waals surface area (Å²) in [5, 5.41) is 3.41. The van der Waals surface area contributed by atoms with Crippen LogP contribution < -0.4 is 5.32 Å². The second-order valence-electron chi connectivity index (χ2n) is 2.97. The molecule has 0 saturated carbocycles. The first-order valence-corrected chi connectivity index (χ1v) is 3.69. The first-order valence-electron chi connectivity index (χ1n) is 3.69. The number of nitrogens with one attached hydrogen (secondary N) is 1. The van der Waals surface area contributed by atoms with Gasteiger partial charge >= 0.3 is 0 Å². The van der Waals surface area contributed by atoms with Crippen LogP contribution in [0, 0.1) is 5.92 Å². The van der Waals surface area contributed by atoms with Gasteiger partial charge < -0.3 is 5.32 Å². The maximum absolute atomic E-state index is 3.41. The standard InChI is InChI=1S/C8H15N/c1-7-4-3-5-8(2)9-6-7/h3,5,7-9H,4,6H2,1-2H3. The van der Waals surface area contributed by atoms with Crippen LogP contribution >= 0.6 is 0 Å². The number of hydrogen-bond donors (Lipinski definition) is 1. The number of hydrogen-bond acceptors (Lipinski definition) is 1. The highest BCUT2D eigenvalue weighted by atomic mass is 14.9. The molecule has 1 aliphatic rings. The molecule has 2 unspecified atom stereocenters. The quantitative estimate of drug-likeness (QED) is 0.484. The minimum Gasteiger partial charge on any atom is -0.311 e. The molecular weight excluding hydrogens is 110 g/mol. The molecule has 1 heteroatoms. The summed E-state index contributed by atoms with van der Waals surface area (Å²) in [6, 6.07) is 0.579. The van der Waals surface area contributed by atoms with Crippen LogP contribution in [0.5, 0.6) is 0 Å².